The van der Waals surface area contributed by atoms with E-state index in [2.05, 4.69) is 17.1 Å². The lowest BCUT2D eigenvalue weighted by Gasteiger charge is -2.37. The molecular formula is C30H30F2N4O4. The molecule has 208 valence electrons. The van der Waals surface area contributed by atoms with Gasteiger partial charge in [-0.1, -0.05) is 31.2 Å². The van der Waals surface area contributed by atoms with Gasteiger partial charge in [-0.2, -0.15) is 0 Å². The van der Waals surface area contributed by atoms with E-state index in [1.165, 1.54) is 41.3 Å². The summed E-state index contributed by atoms with van der Waals surface area (Å²) in [4.78, 5) is 45.2. The number of anilines is 1. The average Bonchev–Trinajstić information content (AvgIpc) is 3.29. The van der Waals surface area contributed by atoms with Gasteiger partial charge in [-0.15, -0.1) is 0 Å². The van der Waals surface area contributed by atoms with Crippen molar-refractivity contribution in [1.29, 1.82) is 0 Å². The third-order valence-corrected chi connectivity index (χ3v) is 7.31. The summed E-state index contributed by atoms with van der Waals surface area (Å²) >= 11 is 0. The molecule has 10 heteroatoms. The molecule has 2 atom stereocenters. The number of benzene rings is 3. The summed E-state index contributed by atoms with van der Waals surface area (Å²) in [6.45, 7) is 5.56. The maximum atomic E-state index is 13.9. The number of carbonyl (C=O) groups excluding carboxylic acids is 3. The molecule has 8 nitrogen and oxygen atoms in total. The van der Waals surface area contributed by atoms with Crippen molar-refractivity contribution in [2.75, 3.05) is 38.0 Å². The maximum Gasteiger partial charge on any atom is 0.411 e. The van der Waals surface area contributed by atoms with Crippen molar-refractivity contribution in [2.24, 2.45) is 0 Å². The molecule has 40 heavy (non-hydrogen) atoms. The molecule has 2 aliphatic heterocycles. The van der Waals surface area contributed by atoms with E-state index in [1.807, 2.05) is 0 Å². The molecule has 2 heterocycles. The number of rotatable bonds is 7. The summed E-state index contributed by atoms with van der Waals surface area (Å²) in [5.74, 6) is -1.50. The molecule has 0 saturated carbocycles. The second kappa shape index (κ2) is 11.8. The second-order valence-electron chi connectivity index (χ2n) is 9.85. The van der Waals surface area contributed by atoms with Crippen LogP contribution in [0.4, 0.5) is 19.3 Å². The van der Waals surface area contributed by atoms with Gasteiger partial charge in [0.15, 0.2) is 12.1 Å². The average molecular weight is 549 g/mol. The zero-order valence-electron chi connectivity index (χ0n) is 22.1. The van der Waals surface area contributed by atoms with Crippen LogP contribution in [0.1, 0.15) is 34.5 Å². The number of carbonyl (C=O) groups is 3. The Morgan fingerprint density at radius 1 is 0.925 bits per heavy atom. The van der Waals surface area contributed by atoms with Crippen molar-refractivity contribution in [3.8, 4) is 0 Å². The fourth-order valence-electron chi connectivity index (χ4n) is 5.05. The Morgan fingerprint density at radius 2 is 1.57 bits per heavy atom. The van der Waals surface area contributed by atoms with Gasteiger partial charge in [-0.25, -0.2) is 13.6 Å². The number of halogens is 2. The van der Waals surface area contributed by atoms with Gasteiger partial charge < -0.3 is 19.9 Å². The highest BCUT2D eigenvalue weighted by Crippen LogP contribution is 2.36. The lowest BCUT2D eigenvalue weighted by atomic mass is 9.99. The Balaban J connectivity index is 1.41. The summed E-state index contributed by atoms with van der Waals surface area (Å²) in [7, 11) is 0. The van der Waals surface area contributed by atoms with Crippen LogP contribution in [0.2, 0.25) is 0 Å². The van der Waals surface area contributed by atoms with Gasteiger partial charge in [-0.3, -0.25) is 14.5 Å². The van der Waals surface area contributed by atoms with E-state index in [1.54, 1.807) is 41.3 Å². The molecule has 2 unspecified atom stereocenters. The van der Waals surface area contributed by atoms with Crippen LogP contribution in [0.5, 0.6) is 0 Å². The highest BCUT2D eigenvalue weighted by molar-refractivity contribution is 6.04. The molecule has 2 aliphatic rings. The number of amides is 3. The Labute approximate surface area is 231 Å². The summed E-state index contributed by atoms with van der Waals surface area (Å²) in [5.41, 5.74) is 1.91. The molecule has 0 spiro atoms. The Morgan fingerprint density at radius 3 is 2.23 bits per heavy atom. The number of nitrogens with zero attached hydrogens (tertiary/aromatic N) is 3. The van der Waals surface area contributed by atoms with E-state index >= 15 is 0 Å². The van der Waals surface area contributed by atoms with Gasteiger partial charge in [0, 0.05) is 37.4 Å². The van der Waals surface area contributed by atoms with Crippen LogP contribution >= 0.6 is 0 Å². The number of likely N-dealkylation sites (N-methyl/N-ethyl adjacent to an activating group) is 1. The quantitative estimate of drug-likeness (QED) is 0.472. The van der Waals surface area contributed by atoms with Crippen LogP contribution in [-0.4, -0.2) is 71.4 Å². The molecule has 2 saturated heterocycles. The van der Waals surface area contributed by atoms with E-state index < -0.39 is 35.8 Å². The molecule has 3 aromatic rings. The van der Waals surface area contributed by atoms with Gasteiger partial charge in [0.05, 0.1) is 6.54 Å². The standard InChI is InChI=1S/C30H30F2N4O4/c1-2-34-14-16-35(17-15-34)29(38)26-27(40-30(39)36(26)19-20-6-10-23(31)11-7-20)22-4-3-5-25(18-22)33-28(37)21-8-12-24(32)13-9-21/h3-13,18,26-27H,2,14-17,19H2,1H3,(H,33,37). The molecule has 0 radical (unpaired) electrons. The van der Waals surface area contributed by atoms with Crippen LogP contribution in [0.15, 0.2) is 72.8 Å². The van der Waals surface area contributed by atoms with Crippen molar-refractivity contribution >= 4 is 23.6 Å². The molecule has 5 rings (SSSR count). The zero-order chi connectivity index (χ0) is 28.2. The molecule has 2 fully saturated rings. The number of piperazine rings is 1. The third-order valence-electron chi connectivity index (χ3n) is 7.31. The van der Waals surface area contributed by atoms with E-state index in [0.717, 1.165) is 19.6 Å². The number of nitrogens with one attached hydrogen (secondary N) is 1. The molecule has 3 amide bonds. The minimum absolute atomic E-state index is 0.0714. The molecule has 1 N–H and O–H groups in total. The molecule has 0 aliphatic carbocycles. The van der Waals surface area contributed by atoms with Crippen molar-refractivity contribution in [3.63, 3.8) is 0 Å². The third kappa shape index (κ3) is 5.96. The van der Waals surface area contributed by atoms with Gasteiger partial charge in [0.1, 0.15) is 11.6 Å². The van der Waals surface area contributed by atoms with Crippen molar-refractivity contribution in [2.45, 2.75) is 25.6 Å². The molecular weight excluding hydrogens is 518 g/mol. The van der Waals surface area contributed by atoms with Crippen LogP contribution in [0, 0.1) is 11.6 Å². The van der Waals surface area contributed by atoms with Crippen LogP contribution in [0.25, 0.3) is 0 Å². The van der Waals surface area contributed by atoms with E-state index in [9.17, 15) is 23.2 Å². The number of ether oxygens (including phenoxy) is 1. The molecule has 3 aromatic carbocycles. The SMILES string of the molecule is CCN1CCN(C(=O)C2C(c3cccc(NC(=O)c4ccc(F)cc4)c3)OC(=O)N2Cc2ccc(F)cc2)CC1. The van der Waals surface area contributed by atoms with Gasteiger partial charge in [0.25, 0.3) is 5.91 Å². The number of cyclic esters (lactones) is 1. The van der Waals surface area contributed by atoms with E-state index in [-0.39, 0.29) is 18.0 Å². The fourth-order valence-corrected chi connectivity index (χ4v) is 5.05. The van der Waals surface area contributed by atoms with E-state index in [0.29, 0.717) is 29.9 Å². The summed E-state index contributed by atoms with van der Waals surface area (Å²) < 4.78 is 32.6. The first-order valence-corrected chi connectivity index (χ1v) is 13.2. The highest BCUT2D eigenvalue weighted by Gasteiger charge is 2.48. The molecule has 0 bridgehead atoms. The Hall–Kier alpha value is -4.31. The van der Waals surface area contributed by atoms with Gasteiger partial charge in [0.2, 0.25) is 5.91 Å². The second-order valence-corrected chi connectivity index (χ2v) is 9.85. The zero-order valence-corrected chi connectivity index (χ0v) is 22.1. The van der Waals surface area contributed by atoms with Crippen molar-refractivity contribution in [3.05, 3.63) is 101 Å². The molecule has 0 aromatic heterocycles. The Kier molecular flexibility index (Phi) is 8.06. The number of hydrogen-bond donors (Lipinski definition) is 1. The smallest absolute Gasteiger partial charge is 0.411 e. The first kappa shape index (κ1) is 27.3. The predicted molar refractivity (Wildman–Crippen MR) is 144 cm³/mol. The summed E-state index contributed by atoms with van der Waals surface area (Å²) in [6.07, 6.45) is -1.58. The predicted octanol–water partition coefficient (Wildman–Crippen LogP) is 4.44. The van der Waals surface area contributed by atoms with Crippen LogP contribution in [0.3, 0.4) is 0 Å². The minimum atomic E-state index is -0.950. The maximum absolute atomic E-state index is 13.9. The Bertz CT molecular complexity index is 1380. The lowest BCUT2D eigenvalue weighted by molar-refractivity contribution is -0.138. The monoisotopic (exact) mass is 548 g/mol. The van der Waals surface area contributed by atoms with E-state index in [4.69, 9.17) is 4.74 Å². The normalized spacial score (nSPS) is 19.4. The van der Waals surface area contributed by atoms with Crippen molar-refractivity contribution in [1.82, 2.24) is 14.7 Å². The highest BCUT2D eigenvalue weighted by atomic mass is 19.1. The summed E-state index contributed by atoms with van der Waals surface area (Å²) in [6, 6.07) is 16.8. The fraction of sp³-hybridized carbons (Fsp3) is 0.300. The first-order chi connectivity index (χ1) is 19.3. The number of hydrogen-bond acceptors (Lipinski definition) is 5. The van der Waals surface area contributed by atoms with Gasteiger partial charge in [-0.05, 0) is 66.2 Å². The minimum Gasteiger partial charge on any atom is -0.438 e. The van der Waals surface area contributed by atoms with Crippen molar-refractivity contribution < 1.29 is 27.9 Å². The largest absolute Gasteiger partial charge is 0.438 e. The lowest BCUT2D eigenvalue weighted by Crippen LogP contribution is -2.54. The topological polar surface area (TPSA) is 82.2 Å². The first-order valence-electron chi connectivity index (χ1n) is 13.2. The van der Waals surface area contributed by atoms with Crippen LogP contribution in [-0.2, 0) is 16.1 Å². The van der Waals surface area contributed by atoms with Crippen LogP contribution < -0.4 is 5.32 Å². The summed E-state index contributed by atoms with van der Waals surface area (Å²) in [5, 5.41) is 2.78. The van der Waals surface area contributed by atoms with Gasteiger partial charge >= 0.3 is 6.09 Å².